The highest BCUT2D eigenvalue weighted by atomic mass is 79.9. The van der Waals surface area contributed by atoms with Gasteiger partial charge in [0.25, 0.3) is 0 Å². The molecule has 2 fully saturated rings. The van der Waals surface area contributed by atoms with Crippen molar-refractivity contribution < 1.29 is 19.4 Å². The molecule has 1 saturated carbocycles. The minimum atomic E-state index is -0.940. The van der Waals surface area contributed by atoms with Crippen molar-refractivity contribution in [2.24, 2.45) is 0 Å². The summed E-state index contributed by atoms with van der Waals surface area (Å²) in [6.45, 7) is 0.723. The molecule has 0 radical (unpaired) electrons. The second kappa shape index (κ2) is 5.37. The zero-order valence-corrected chi connectivity index (χ0v) is 12.7. The van der Waals surface area contributed by atoms with Gasteiger partial charge in [-0.3, -0.25) is 0 Å². The van der Waals surface area contributed by atoms with Crippen LogP contribution in [0.1, 0.15) is 42.5 Å². The Balaban J connectivity index is 1.73. The van der Waals surface area contributed by atoms with Crippen molar-refractivity contribution in [2.45, 2.75) is 43.8 Å². The number of halogens is 1. The van der Waals surface area contributed by atoms with Gasteiger partial charge in [0.2, 0.25) is 0 Å². The first-order chi connectivity index (χ1) is 9.58. The molecule has 4 nitrogen and oxygen atoms in total. The molecule has 0 amide bonds. The maximum atomic E-state index is 11.0. The molecule has 2 aliphatic rings. The summed E-state index contributed by atoms with van der Waals surface area (Å²) in [7, 11) is 0. The Hall–Kier alpha value is -1.07. The monoisotopic (exact) mass is 340 g/mol. The Morgan fingerprint density at radius 2 is 2.25 bits per heavy atom. The lowest BCUT2D eigenvalue weighted by molar-refractivity contribution is -0.153. The number of carboxylic acid groups (broad SMARTS) is 1. The summed E-state index contributed by atoms with van der Waals surface area (Å²) in [6.07, 6.45) is 5.31. The lowest BCUT2D eigenvalue weighted by Gasteiger charge is -2.46. The van der Waals surface area contributed by atoms with Crippen LogP contribution in [0.4, 0.5) is 0 Å². The third-order valence-electron chi connectivity index (χ3n) is 4.18. The first-order valence-corrected chi connectivity index (χ1v) is 7.71. The van der Waals surface area contributed by atoms with Crippen LogP contribution in [0, 0.1) is 0 Å². The largest absolute Gasteiger partial charge is 0.489 e. The summed E-state index contributed by atoms with van der Waals surface area (Å²) in [5, 5.41) is 9.05. The van der Waals surface area contributed by atoms with E-state index in [0.29, 0.717) is 5.75 Å². The van der Waals surface area contributed by atoms with Crippen LogP contribution in [0.15, 0.2) is 22.7 Å². The van der Waals surface area contributed by atoms with E-state index in [1.165, 1.54) is 6.42 Å². The number of rotatable bonds is 3. The molecule has 1 aliphatic heterocycles. The average molecular weight is 341 g/mol. The number of ether oxygens (including phenoxy) is 2. The van der Waals surface area contributed by atoms with Crippen molar-refractivity contribution in [1.82, 2.24) is 0 Å². The average Bonchev–Trinajstić information content (AvgIpc) is 2.39. The van der Waals surface area contributed by atoms with Crippen LogP contribution in [-0.2, 0) is 4.74 Å². The zero-order valence-electron chi connectivity index (χ0n) is 11.1. The van der Waals surface area contributed by atoms with Crippen molar-refractivity contribution in [2.75, 3.05) is 6.61 Å². The molecule has 0 aromatic heterocycles. The molecule has 1 unspecified atom stereocenters. The van der Waals surface area contributed by atoms with Gasteiger partial charge in [-0.2, -0.15) is 0 Å². The summed E-state index contributed by atoms with van der Waals surface area (Å²) < 4.78 is 12.7. The molecule has 1 saturated heterocycles. The quantitative estimate of drug-likeness (QED) is 0.912. The van der Waals surface area contributed by atoms with Gasteiger partial charge in [-0.15, -0.1) is 0 Å². The van der Waals surface area contributed by atoms with E-state index in [9.17, 15) is 4.79 Å². The maximum Gasteiger partial charge on any atom is 0.335 e. The molecule has 5 heteroatoms. The van der Waals surface area contributed by atoms with Crippen LogP contribution in [0.3, 0.4) is 0 Å². The second-order valence-electron chi connectivity index (χ2n) is 5.57. The number of carbonyl (C=O) groups is 1. The van der Waals surface area contributed by atoms with Gasteiger partial charge in [-0.1, -0.05) is 0 Å². The van der Waals surface area contributed by atoms with Crippen LogP contribution in [-0.4, -0.2) is 29.4 Å². The van der Waals surface area contributed by atoms with Crippen LogP contribution in [0.25, 0.3) is 0 Å². The fourth-order valence-corrected chi connectivity index (χ4v) is 3.25. The maximum absolute atomic E-state index is 11.0. The molecule has 1 atom stereocenters. The van der Waals surface area contributed by atoms with Crippen molar-refractivity contribution in [3.63, 3.8) is 0 Å². The number of benzene rings is 1. The van der Waals surface area contributed by atoms with E-state index in [1.807, 2.05) is 0 Å². The summed E-state index contributed by atoms with van der Waals surface area (Å²) in [4.78, 5) is 11.0. The fraction of sp³-hybridized carbons (Fsp3) is 0.533. The van der Waals surface area contributed by atoms with Crippen molar-refractivity contribution in [3.05, 3.63) is 28.2 Å². The van der Waals surface area contributed by atoms with E-state index in [-0.39, 0.29) is 17.3 Å². The van der Waals surface area contributed by atoms with Gasteiger partial charge >= 0.3 is 5.97 Å². The highest BCUT2D eigenvalue weighted by Crippen LogP contribution is 2.43. The van der Waals surface area contributed by atoms with Crippen LogP contribution in [0.5, 0.6) is 5.75 Å². The van der Waals surface area contributed by atoms with Gasteiger partial charge in [0.15, 0.2) is 0 Å². The van der Waals surface area contributed by atoms with Gasteiger partial charge in [0.05, 0.1) is 22.2 Å². The molecule has 0 bridgehead atoms. The summed E-state index contributed by atoms with van der Waals surface area (Å²) in [5.74, 6) is -0.337. The zero-order chi connectivity index (χ0) is 14.2. The molecule has 3 rings (SSSR count). The Morgan fingerprint density at radius 3 is 2.90 bits per heavy atom. The van der Waals surface area contributed by atoms with Crippen molar-refractivity contribution >= 4 is 21.9 Å². The number of hydrogen-bond acceptors (Lipinski definition) is 3. The van der Waals surface area contributed by atoms with Crippen LogP contribution >= 0.6 is 15.9 Å². The lowest BCUT2D eigenvalue weighted by atomic mass is 9.74. The molecule has 20 heavy (non-hydrogen) atoms. The molecule has 1 aromatic rings. The van der Waals surface area contributed by atoms with Crippen LogP contribution < -0.4 is 4.74 Å². The molecule has 1 aliphatic carbocycles. The predicted molar refractivity (Wildman–Crippen MR) is 77.3 cm³/mol. The topological polar surface area (TPSA) is 55.8 Å². The highest BCUT2D eigenvalue weighted by Gasteiger charge is 2.43. The Kier molecular flexibility index (Phi) is 3.73. The highest BCUT2D eigenvalue weighted by molar-refractivity contribution is 9.10. The summed E-state index contributed by atoms with van der Waals surface area (Å²) in [5.41, 5.74) is 0.272. The van der Waals surface area contributed by atoms with Gasteiger partial charge in [-0.05, 0) is 53.4 Å². The van der Waals surface area contributed by atoms with E-state index in [0.717, 1.165) is 36.8 Å². The number of aromatic carboxylic acids is 1. The molecule has 1 spiro atoms. The minimum absolute atomic E-state index is 0.0276. The van der Waals surface area contributed by atoms with Gasteiger partial charge in [-0.25, -0.2) is 4.79 Å². The molecule has 1 aromatic carbocycles. The van der Waals surface area contributed by atoms with E-state index in [2.05, 4.69) is 15.9 Å². The third kappa shape index (κ3) is 2.69. The van der Waals surface area contributed by atoms with E-state index < -0.39 is 5.97 Å². The Labute approximate surface area is 126 Å². The van der Waals surface area contributed by atoms with Gasteiger partial charge in [0, 0.05) is 12.8 Å². The van der Waals surface area contributed by atoms with E-state index in [4.69, 9.17) is 14.6 Å². The first-order valence-electron chi connectivity index (χ1n) is 6.91. The lowest BCUT2D eigenvalue weighted by Crippen LogP contribution is -2.48. The Bertz CT molecular complexity index is 525. The molecular weight excluding hydrogens is 324 g/mol. The van der Waals surface area contributed by atoms with Gasteiger partial charge in [0.1, 0.15) is 11.9 Å². The smallest absolute Gasteiger partial charge is 0.335 e. The van der Waals surface area contributed by atoms with Gasteiger partial charge < -0.3 is 14.6 Å². The van der Waals surface area contributed by atoms with Crippen LogP contribution in [0.2, 0.25) is 0 Å². The fourth-order valence-electron chi connectivity index (χ4n) is 2.91. The number of carboxylic acids is 1. The summed E-state index contributed by atoms with van der Waals surface area (Å²) >= 11 is 3.42. The predicted octanol–water partition coefficient (Wildman–Crippen LogP) is 3.63. The van der Waals surface area contributed by atoms with E-state index in [1.54, 1.807) is 18.2 Å². The minimum Gasteiger partial charge on any atom is -0.489 e. The first kappa shape index (κ1) is 13.9. The molecule has 1 N–H and O–H groups in total. The number of hydrogen-bond donors (Lipinski definition) is 1. The van der Waals surface area contributed by atoms with Crippen molar-refractivity contribution in [1.29, 1.82) is 0 Å². The molecule has 108 valence electrons. The molecule has 1 heterocycles. The Morgan fingerprint density at radius 1 is 1.45 bits per heavy atom. The SMILES string of the molecule is O=C(O)c1ccc(Br)c(OC2CCOC3(CCC3)C2)c1. The second-order valence-corrected chi connectivity index (χ2v) is 6.42. The standard InChI is InChI=1S/C15H17BrO4/c16-12-3-2-10(14(17)18)8-13(12)20-11-4-7-19-15(9-11)5-1-6-15/h2-3,8,11H,1,4-7,9H2,(H,17,18). The third-order valence-corrected chi connectivity index (χ3v) is 4.84. The normalized spacial score (nSPS) is 24.1. The van der Waals surface area contributed by atoms with Crippen molar-refractivity contribution in [3.8, 4) is 5.75 Å². The summed E-state index contributed by atoms with van der Waals surface area (Å²) in [6, 6.07) is 4.86. The van der Waals surface area contributed by atoms with E-state index >= 15 is 0 Å². The molecular formula is C15H17BrO4.